The average Bonchev–Trinajstić information content (AvgIpc) is 3.12. The highest BCUT2D eigenvalue weighted by atomic mass is 16.5. The summed E-state index contributed by atoms with van der Waals surface area (Å²) in [7, 11) is 1.71. The van der Waals surface area contributed by atoms with Crippen molar-refractivity contribution in [2.24, 2.45) is 0 Å². The Bertz CT molecular complexity index is 1400. The summed E-state index contributed by atoms with van der Waals surface area (Å²) < 4.78 is 7.22. The zero-order valence-electron chi connectivity index (χ0n) is 21.4. The maximum Gasteiger partial charge on any atom is 0.315 e. The number of ether oxygens (including phenoxy) is 1. The van der Waals surface area contributed by atoms with Crippen LogP contribution in [0.5, 0.6) is 5.75 Å². The molecule has 0 bridgehead atoms. The molecule has 8 heteroatoms. The van der Waals surface area contributed by atoms with Crippen molar-refractivity contribution in [2.45, 2.75) is 41.0 Å². The normalized spacial score (nSPS) is 10.8. The number of aryl methyl sites for hydroxylation is 4. The molecule has 0 radical (unpaired) electrons. The van der Waals surface area contributed by atoms with Crippen LogP contribution in [0.3, 0.4) is 0 Å². The maximum atomic E-state index is 12.8. The molecule has 2 heterocycles. The highest BCUT2D eigenvalue weighted by Crippen LogP contribution is 2.22. The Balaban J connectivity index is 1.44. The molecule has 8 nitrogen and oxygen atoms in total. The summed E-state index contributed by atoms with van der Waals surface area (Å²) in [5, 5.41) is 4.55. The van der Waals surface area contributed by atoms with Crippen LogP contribution in [0.4, 0.5) is 5.69 Å². The van der Waals surface area contributed by atoms with Crippen molar-refractivity contribution >= 4 is 17.6 Å². The van der Waals surface area contributed by atoms with Gasteiger partial charge in [0.25, 0.3) is 11.9 Å². The lowest BCUT2D eigenvalue weighted by molar-refractivity contribution is -0.133. The number of nitrogens with zero attached hydrogens (tertiary/aromatic N) is 5. The van der Waals surface area contributed by atoms with Gasteiger partial charge in [-0.1, -0.05) is 17.7 Å². The molecule has 0 spiro atoms. The lowest BCUT2D eigenvalue weighted by Crippen LogP contribution is -2.26. The Morgan fingerprint density at radius 1 is 0.889 bits per heavy atom. The van der Waals surface area contributed by atoms with Gasteiger partial charge in [-0.3, -0.25) is 9.59 Å². The summed E-state index contributed by atoms with van der Waals surface area (Å²) in [6.45, 7) is 9.53. The topological polar surface area (TPSA) is 90.2 Å². The van der Waals surface area contributed by atoms with Crippen LogP contribution in [-0.4, -0.2) is 38.7 Å². The van der Waals surface area contributed by atoms with Crippen LogP contribution in [0.25, 0.3) is 5.95 Å². The molecular formula is C28H29N5O3. The Morgan fingerprint density at radius 2 is 1.50 bits per heavy atom. The van der Waals surface area contributed by atoms with Gasteiger partial charge in [0, 0.05) is 40.9 Å². The van der Waals surface area contributed by atoms with Gasteiger partial charge in [-0.25, -0.2) is 14.6 Å². The van der Waals surface area contributed by atoms with Gasteiger partial charge in [0.2, 0.25) is 0 Å². The number of carbonyl (C=O) groups excluding carboxylic acids is 2. The first-order chi connectivity index (χ1) is 17.1. The fraction of sp³-hybridized carbons (Fsp3) is 0.250. The minimum Gasteiger partial charge on any atom is -0.426 e. The van der Waals surface area contributed by atoms with E-state index in [0.717, 1.165) is 33.9 Å². The number of hydrogen-bond acceptors (Lipinski definition) is 6. The minimum absolute atomic E-state index is 0.0655. The summed E-state index contributed by atoms with van der Waals surface area (Å²) >= 11 is 0. The Hall–Kier alpha value is -4.33. The van der Waals surface area contributed by atoms with E-state index in [4.69, 9.17) is 4.74 Å². The molecule has 0 aliphatic heterocycles. The summed E-state index contributed by atoms with van der Waals surface area (Å²) in [4.78, 5) is 36.0. The molecule has 0 unspecified atom stereocenters. The third-order valence-electron chi connectivity index (χ3n) is 5.98. The summed E-state index contributed by atoms with van der Waals surface area (Å²) in [5.41, 5.74) is 6.39. The van der Waals surface area contributed by atoms with Crippen LogP contribution in [0.15, 0.2) is 54.6 Å². The first kappa shape index (κ1) is 24.8. The number of benzene rings is 2. The van der Waals surface area contributed by atoms with Gasteiger partial charge in [0.1, 0.15) is 5.75 Å². The first-order valence-electron chi connectivity index (χ1n) is 11.7. The summed E-state index contributed by atoms with van der Waals surface area (Å²) in [5.74, 6) is 0.363. The molecule has 0 saturated carbocycles. The molecule has 0 N–H and O–H groups in total. The molecule has 36 heavy (non-hydrogen) atoms. The van der Waals surface area contributed by atoms with E-state index in [-0.39, 0.29) is 12.3 Å². The van der Waals surface area contributed by atoms with Gasteiger partial charge in [0.15, 0.2) is 0 Å². The molecule has 0 atom stereocenters. The van der Waals surface area contributed by atoms with Gasteiger partial charge >= 0.3 is 5.97 Å². The second-order valence-corrected chi connectivity index (χ2v) is 8.89. The van der Waals surface area contributed by atoms with E-state index in [0.29, 0.717) is 22.9 Å². The molecule has 0 aliphatic rings. The van der Waals surface area contributed by atoms with Crippen molar-refractivity contribution in [3.05, 3.63) is 94.1 Å². The Morgan fingerprint density at radius 3 is 2.11 bits per heavy atom. The van der Waals surface area contributed by atoms with Crippen LogP contribution >= 0.6 is 0 Å². The number of rotatable bonds is 6. The van der Waals surface area contributed by atoms with Crippen molar-refractivity contribution < 1.29 is 14.3 Å². The van der Waals surface area contributed by atoms with Crippen LogP contribution in [-0.2, 0) is 11.2 Å². The lowest BCUT2D eigenvalue weighted by Gasteiger charge is -2.18. The molecule has 4 rings (SSSR count). The summed E-state index contributed by atoms with van der Waals surface area (Å²) in [6.07, 6.45) is 0.0655. The number of hydrogen-bond donors (Lipinski definition) is 0. The van der Waals surface area contributed by atoms with Crippen molar-refractivity contribution in [1.82, 2.24) is 19.7 Å². The SMILES string of the molecule is Cc1ccc(C(=O)N(C)c2ccc(OC(=O)Cc3c(C)nn(-c4nc(C)cc(C)n4)c3C)cc2)cc1. The number of aromatic nitrogens is 4. The molecule has 0 fully saturated rings. The third kappa shape index (κ3) is 5.33. The highest BCUT2D eigenvalue weighted by molar-refractivity contribution is 6.05. The van der Waals surface area contributed by atoms with Crippen LogP contribution in [0, 0.1) is 34.6 Å². The number of amides is 1. The van der Waals surface area contributed by atoms with E-state index in [1.54, 1.807) is 40.9 Å². The predicted molar refractivity (Wildman–Crippen MR) is 138 cm³/mol. The molecule has 0 saturated heterocycles. The van der Waals surface area contributed by atoms with Gasteiger partial charge < -0.3 is 9.64 Å². The largest absolute Gasteiger partial charge is 0.426 e. The number of anilines is 1. The van der Waals surface area contributed by atoms with Crippen molar-refractivity contribution in [2.75, 3.05) is 11.9 Å². The molecule has 2 aromatic carbocycles. The highest BCUT2D eigenvalue weighted by Gasteiger charge is 2.19. The third-order valence-corrected chi connectivity index (χ3v) is 5.98. The van der Waals surface area contributed by atoms with E-state index in [1.165, 1.54) is 0 Å². The second-order valence-electron chi connectivity index (χ2n) is 8.89. The van der Waals surface area contributed by atoms with Crippen LogP contribution in [0.1, 0.15) is 44.3 Å². The Kier molecular flexibility index (Phi) is 6.96. The van der Waals surface area contributed by atoms with Crippen molar-refractivity contribution in [3.8, 4) is 11.7 Å². The predicted octanol–water partition coefficient (Wildman–Crippen LogP) is 4.63. The second kappa shape index (κ2) is 10.1. The quantitative estimate of drug-likeness (QED) is 0.293. The molecule has 2 aromatic heterocycles. The lowest BCUT2D eigenvalue weighted by atomic mass is 10.1. The molecular weight excluding hydrogens is 454 g/mol. The van der Waals surface area contributed by atoms with Crippen LogP contribution < -0.4 is 9.64 Å². The van der Waals surface area contributed by atoms with E-state index in [2.05, 4.69) is 15.1 Å². The van der Waals surface area contributed by atoms with E-state index in [1.807, 2.05) is 65.0 Å². The van der Waals surface area contributed by atoms with Crippen molar-refractivity contribution in [3.63, 3.8) is 0 Å². The zero-order chi connectivity index (χ0) is 26.0. The van der Waals surface area contributed by atoms with Gasteiger partial charge in [-0.15, -0.1) is 0 Å². The number of carbonyl (C=O) groups is 2. The molecule has 1 amide bonds. The maximum absolute atomic E-state index is 12.8. The smallest absolute Gasteiger partial charge is 0.315 e. The fourth-order valence-corrected chi connectivity index (χ4v) is 3.98. The monoisotopic (exact) mass is 483 g/mol. The summed E-state index contributed by atoms with van der Waals surface area (Å²) in [6, 6.07) is 16.2. The van der Waals surface area contributed by atoms with Crippen molar-refractivity contribution in [1.29, 1.82) is 0 Å². The van der Waals surface area contributed by atoms with E-state index < -0.39 is 5.97 Å². The molecule has 0 aliphatic carbocycles. The molecule has 184 valence electrons. The standard InChI is InChI=1S/C28H29N5O3/c1-17-7-9-22(10-8-17)27(35)32(6)23-11-13-24(14-12-23)36-26(34)16-25-20(4)31-33(21(25)5)28-29-18(2)15-19(3)30-28/h7-15H,16H2,1-6H3. The first-order valence-corrected chi connectivity index (χ1v) is 11.7. The zero-order valence-corrected chi connectivity index (χ0v) is 21.4. The fourth-order valence-electron chi connectivity index (χ4n) is 3.98. The number of esters is 1. The molecule has 4 aromatic rings. The van der Waals surface area contributed by atoms with Gasteiger partial charge in [-0.2, -0.15) is 5.10 Å². The average molecular weight is 484 g/mol. The van der Waals surface area contributed by atoms with E-state index in [9.17, 15) is 9.59 Å². The van der Waals surface area contributed by atoms with Crippen LogP contribution in [0.2, 0.25) is 0 Å². The van der Waals surface area contributed by atoms with Gasteiger partial charge in [0.05, 0.1) is 12.1 Å². The Labute approximate surface area is 210 Å². The van der Waals surface area contributed by atoms with Gasteiger partial charge in [-0.05, 0) is 77.1 Å². The van der Waals surface area contributed by atoms with E-state index >= 15 is 0 Å². The minimum atomic E-state index is -0.404.